The highest BCUT2D eigenvalue weighted by molar-refractivity contribution is 5.12. The molecule has 0 aromatic heterocycles. The van der Waals surface area contributed by atoms with Crippen LogP contribution >= 0.6 is 0 Å². The summed E-state index contributed by atoms with van der Waals surface area (Å²) in [5.41, 5.74) is 1.01. The minimum Gasteiger partial charge on any atom is -0.366 e. The first-order valence-electron chi connectivity index (χ1n) is 7.29. The van der Waals surface area contributed by atoms with Gasteiger partial charge in [0.1, 0.15) is 0 Å². The molecular weight excluding hydrogens is 212 g/mol. The summed E-state index contributed by atoms with van der Waals surface area (Å²) in [6.07, 6.45) is 9.02. The van der Waals surface area contributed by atoms with Crippen LogP contribution in [0.4, 0.5) is 0 Å². The lowest BCUT2D eigenvalue weighted by Gasteiger charge is -2.43. The van der Waals surface area contributed by atoms with Crippen LogP contribution in [-0.4, -0.2) is 23.4 Å². The number of rotatable bonds is 1. The van der Waals surface area contributed by atoms with Crippen LogP contribution in [0.2, 0.25) is 0 Å². The molecule has 0 bridgehead atoms. The molecule has 2 aliphatic heterocycles. The Bertz CT molecular complexity index is 368. The highest BCUT2D eigenvalue weighted by atomic mass is 16.6. The minimum atomic E-state index is 0.234. The predicted molar refractivity (Wildman–Crippen MR) is 65.9 cm³/mol. The van der Waals surface area contributed by atoms with Crippen molar-refractivity contribution in [1.82, 2.24) is 0 Å². The van der Waals surface area contributed by atoms with Gasteiger partial charge in [0.25, 0.3) is 0 Å². The van der Waals surface area contributed by atoms with Crippen molar-refractivity contribution in [1.29, 1.82) is 0 Å². The third-order valence-corrected chi connectivity index (χ3v) is 6.28. The second kappa shape index (κ2) is 2.91. The molecule has 6 unspecified atom stereocenters. The first kappa shape index (κ1) is 10.8. The van der Waals surface area contributed by atoms with Crippen LogP contribution in [0.25, 0.3) is 0 Å². The van der Waals surface area contributed by atoms with Gasteiger partial charge < -0.3 is 9.47 Å². The Labute approximate surface area is 104 Å². The monoisotopic (exact) mass is 236 g/mol. The Balaban J connectivity index is 1.50. The van der Waals surface area contributed by atoms with Gasteiger partial charge in [0.05, 0.1) is 23.4 Å². The molecule has 2 heteroatoms. The smallest absolute Gasteiger partial charge is 0.0925 e. The zero-order valence-corrected chi connectivity index (χ0v) is 11.3. The quantitative estimate of drug-likeness (QED) is 0.653. The van der Waals surface area contributed by atoms with Crippen molar-refractivity contribution in [2.45, 2.75) is 82.7 Å². The summed E-state index contributed by atoms with van der Waals surface area (Å²) in [4.78, 5) is 0. The first-order chi connectivity index (χ1) is 7.94. The topological polar surface area (TPSA) is 25.1 Å². The molecule has 0 aromatic carbocycles. The van der Waals surface area contributed by atoms with Gasteiger partial charge in [-0.3, -0.25) is 0 Å². The summed E-state index contributed by atoms with van der Waals surface area (Å²) in [5, 5.41) is 0. The van der Waals surface area contributed by atoms with Crippen LogP contribution in [0.3, 0.4) is 0 Å². The number of ether oxygens (including phenoxy) is 2. The van der Waals surface area contributed by atoms with E-state index < -0.39 is 0 Å². The van der Waals surface area contributed by atoms with Gasteiger partial charge in [-0.2, -0.15) is 0 Å². The van der Waals surface area contributed by atoms with Crippen LogP contribution in [0.15, 0.2) is 0 Å². The Morgan fingerprint density at radius 1 is 0.882 bits per heavy atom. The highest BCUT2D eigenvalue weighted by Gasteiger charge is 2.63. The first-order valence-corrected chi connectivity index (χ1v) is 7.29. The van der Waals surface area contributed by atoms with Gasteiger partial charge in [0, 0.05) is 0 Å². The molecule has 4 rings (SSSR count). The van der Waals surface area contributed by atoms with Crippen LogP contribution in [-0.2, 0) is 9.47 Å². The predicted octanol–water partition coefficient (Wildman–Crippen LogP) is 3.29. The van der Waals surface area contributed by atoms with Gasteiger partial charge in [-0.25, -0.2) is 0 Å². The van der Waals surface area contributed by atoms with Gasteiger partial charge >= 0.3 is 0 Å². The summed E-state index contributed by atoms with van der Waals surface area (Å²) in [5.74, 6) is 0.866. The molecule has 2 heterocycles. The molecule has 0 spiro atoms. The molecule has 2 aliphatic carbocycles. The van der Waals surface area contributed by atoms with Crippen molar-refractivity contribution in [3.63, 3.8) is 0 Å². The maximum Gasteiger partial charge on any atom is 0.0925 e. The molecule has 17 heavy (non-hydrogen) atoms. The lowest BCUT2D eigenvalue weighted by molar-refractivity contribution is 0.0778. The van der Waals surface area contributed by atoms with Crippen LogP contribution in [0.5, 0.6) is 0 Å². The van der Waals surface area contributed by atoms with E-state index in [9.17, 15) is 0 Å². The second-order valence-electron chi connectivity index (χ2n) is 7.68. The Hall–Kier alpha value is -0.0800. The summed E-state index contributed by atoms with van der Waals surface area (Å²) in [6, 6.07) is 0. The normalized spacial score (nSPS) is 64.8. The van der Waals surface area contributed by atoms with Gasteiger partial charge in [0.2, 0.25) is 0 Å². The fraction of sp³-hybridized carbons (Fsp3) is 1.00. The van der Waals surface area contributed by atoms with Crippen molar-refractivity contribution in [3.05, 3.63) is 0 Å². The third kappa shape index (κ3) is 1.46. The van der Waals surface area contributed by atoms with Gasteiger partial charge in [-0.15, -0.1) is 0 Å². The van der Waals surface area contributed by atoms with Crippen molar-refractivity contribution in [2.75, 3.05) is 0 Å². The zero-order valence-electron chi connectivity index (χ0n) is 11.3. The molecule has 2 saturated carbocycles. The molecule has 4 fully saturated rings. The summed E-state index contributed by atoms with van der Waals surface area (Å²) in [6.45, 7) is 7.11. The number of hydrogen-bond acceptors (Lipinski definition) is 2. The van der Waals surface area contributed by atoms with E-state index in [4.69, 9.17) is 9.47 Å². The van der Waals surface area contributed by atoms with Gasteiger partial charge in [0.15, 0.2) is 0 Å². The standard InChI is InChI=1S/C15H24O2/c1-13(6-5-11-15(3,9-13)16-11)10-4-7-14(2)12(8-10)17-14/h10-12H,4-9H2,1-3H3. The Kier molecular flexibility index (Phi) is 1.85. The fourth-order valence-electron chi connectivity index (χ4n) is 4.79. The van der Waals surface area contributed by atoms with Crippen molar-refractivity contribution >= 4 is 0 Å². The van der Waals surface area contributed by atoms with E-state index in [2.05, 4.69) is 20.8 Å². The minimum absolute atomic E-state index is 0.234. The van der Waals surface area contributed by atoms with Gasteiger partial charge in [-0.1, -0.05) is 6.92 Å². The van der Waals surface area contributed by atoms with E-state index in [-0.39, 0.29) is 11.2 Å². The molecule has 6 atom stereocenters. The molecule has 0 amide bonds. The van der Waals surface area contributed by atoms with E-state index in [1.165, 1.54) is 38.5 Å². The number of epoxide rings is 2. The zero-order chi connectivity index (χ0) is 11.9. The molecule has 0 radical (unpaired) electrons. The number of hydrogen-bond donors (Lipinski definition) is 0. The fourth-order valence-corrected chi connectivity index (χ4v) is 4.79. The molecule has 2 nitrogen and oxygen atoms in total. The Morgan fingerprint density at radius 3 is 2.35 bits per heavy atom. The molecule has 0 aromatic rings. The lowest BCUT2D eigenvalue weighted by Crippen LogP contribution is -2.39. The van der Waals surface area contributed by atoms with Crippen molar-refractivity contribution < 1.29 is 9.47 Å². The molecule has 96 valence electrons. The van der Waals surface area contributed by atoms with Crippen molar-refractivity contribution in [3.8, 4) is 0 Å². The molecule has 2 saturated heterocycles. The van der Waals surface area contributed by atoms with E-state index >= 15 is 0 Å². The molecule has 4 aliphatic rings. The summed E-state index contributed by atoms with van der Waals surface area (Å²) < 4.78 is 11.7. The molecule has 0 N–H and O–H groups in total. The maximum atomic E-state index is 5.88. The third-order valence-electron chi connectivity index (χ3n) is 6.28. The second-order valence-corrected chi connectivity index (χ2v) is 7.68. The van der Waals surface area contributed by atoms with E-state index in [1.807, 2.05) is 0 Å². The van der Waals surface area contributed by atoms with E-state index in [0.29, 0.717) is 17.6 Å². The maximum absolute atomic E-state index is 5.88. The van der Waals surface area contributed by atoms with Gasteiger partial charge in [-0.05, 0) is 63.7 Å². The van der Waals surface area contributed by atoms with Crippen LogP contribution in [0, 0.1) is 11.3 Å². The SMILES string of the molecule is CC1(C2CCC3(C)OC3C2)CCC2OC2(C)C1. The summed E-state index contributed by atoms with van der Waals surface area (Å²) in [7, 11) is 0. The molecular formula is C15H24O2. The number of fused-ring (bicyclic) bond motifs is 2. The van der Waals surface area contributed by atoms with Crippen LogP contribution < -0.4 is 0 Å². The van der Waals surface area contributed by atoms with E-state index in [1.54, 1.807) is 0 Å². The Morgan fingerprint density at radius 2 is 1.65 bits per heavy atom. The lowest BCUT2D eigenvalue weighted by atomic mass is 9.60. The van der Waals surface area contributed by atoms with E-state index in [0.717, 1.165) is 5.92 Å². The van der Waals surface area contributed by atoms with Crippen LogP contribution in [0.1, 0.15) is 59.3 Å². The average molecular weight is 236 g/mol. The van der Waals surface area contributed by atoms with Crippen molar-refractivity contribution in [2.24, 2.45) is 11.3 Å². The largest absolute Gasteiger partial charge is 0.366 e. The average Bonchev–Trinajstić information content (AvgIpc) is 3.09. The summed E-state index contributed by atoms with van der Waals surface area (Å²) >= 11 is 0. The highest BCUT2D eigenvalue weighted by Crippen LogP contribution is 2.61.